The zero-order valence-electron chi connectivity index (χ0n) is 6.96. The third-order valence-corrected chi connectivity index (χ3v) is 2.43. The van der Waals surface area contributed by atoms with Crippen LogP contribution in [0.5, 0.6) is 0 Å². The molecule has 0 spiro atoms. The quantitative estimate of drug-likeness (QED) is 0.692. The van der Waals surface area contributed by atoms with E-state index in [4.69, 9.17) is 5.73 Å². The minimum Gasteiger partial charge on any atom is -0.469 e. The van der Waals surface area contributed by atoms with Crippen LogP contribution < -0.4 is 5.73 Å². The summed E-state index contributed by atoms with van der Waals surface area (Å²) in [5.41, 5.74) is 6.26. The molecule has 0 aliphatic heterocycles. The van der Waals surface area contributed by atoms with Gasteiger partial charge in [-0.2, -0.15) is 0 Å². The highest BCUT2D eigenvalue weighted by molar-refractivity contribution is 7.15. The van der Waals surface area contributed by atoms with Gasteiger partial charge < -0.3 is 10.5 Å². The first-order chi connectivity index (χ1) is 5.63. The molecule has 0 aliphatic carbocycles. The maximum atomic E-state index is 10.9. The van der Waals surface area contributed by atoms with Crippen molar-refractivity contribution in [2.45, 2.75) is 13.3 Å². The fourth-order valence-electron chi connectivity index (χ4n) is 0.818. The van der Waals surface area contributed by atoms with Crippen LogP contribution in [-0.2, 0) is 16.0 Å². The number of rotatable bonds is 2. The molecule has 0 saturated heterocycles. The summed E-state index contributed by atoms with van der Waals surface area (Å²) >= 11 is 1.32. The van der Waals surface area contributed by atoms with Crippen molar-refractivity contribution in [2.75, 3.05) is 12.8 Å². The largest absolute Gasteiger partial charge is 0.469 e. The molecule has 0 amide bonds. The maximum absolute atomic E-state index is 10.9. The van der Waals surface area contributed by atoms with Crippen LogP contribution >= 0.6 is 11.3 Å². The average molecular weight is 186 g/mol. The normalized spacial score (nSPS) is 9.83. The number of hydrogen-bond donors (Lipinski definition) is 1. The number of aryl methyl sites for hydroxylation is 1. The van der Waals surface area contributed by atoms with Crippen molar-refractivity contribution in [3.05, 3.63) is 10.6 Å². The number of nitrogens with two attached hydrogens (primary N) is 1. The topological polar surface area (TPSA) is 65.2 Å². The monoisotopic (exact) mass is 186 g/mol. The number of hydrogen-bond acceptors (Lipinski definition) is 5. The van der Waals surface area contributed by atoms with Gasteiger partial charge in [0.1, 0.15) is 0 Å². The number of nitrogens with zero attached hydrogens (tertiary/aromatic N) is 1. The summed E-state index contributed by atoms with van der Waals surface area (Å²) in [5, 5.41) is 0.492. The highest BCUT2D eigenvalue weighted by Crippen LogP contribution is 2.20. The molecular formula is C7H10N2O2S. The summed E-state index contributed by atoms with van der Waals surface area (Å²) < 4.78 is 4.52. The molecule has 0 bridgehead atoms. The van der Waals surface area contributed by atoms with E-state index < -0.39 is 0 Å². The number of aromatic nitrogens is 1. The molecule has 66 valence electrons. The van der Waals surface area contributed by atoms with Gasteiger partial charge >= 0.3 is 5.97 Å². The summed E-state index contributed by atoms with van der Waals surface area (Å²) in [4.78, 5) is 15.7. The number of carbonyl (C=O) groups is 1. The van der Waals surface area contributed by atoms with E-state index in [1.807, 2.05) is 6.92 Å². The van der Waals surface area contributed by atoms with Crippen LogP contribution in [0.1, 0.15) is 10.6 Å². The molecule has 0 saturated carbocycles. The molecule has 0 aliphatic rings. The Hall–Kier alpha value is -1.10. The molecule has 1 heterocycles. The van der Waals surface area contributed by atoms with Gasteiger partial charge in [0, 0.05) is 4.88 Å². The van der Waals surface area contributed by atoms with Crippen molar-refractivity contribution in [1.29, 1.82) is 0 Å². The van der Waals surface area contributed by atoms with Crippen LogP contribution in [0.25, 0.3) is 0 Å². The van der Waals surface area contributed by atoms with E-state index in [9.17, 15) is 4.79 Å². The molecule has 0 unspecified atom stereocenters. The molecule has 1 aromatic rings. The minimum atomic E-state index is -0.262. The van der Waals surface area contributed by atoms with Crippen LogP contribution in [0.4, 0.5) is 5.13 Å². The fraction of sp³-hybridized carbons (Fsp3) is 0.429. The van der Waals surface area contributed by atoms with Gasteiger partial charge in [-0.05, 0) is 6.92 Å². The van der Waals surface area contributed by atoms with E-state index >= 15 is 0 Å². The second kappa shape index (κ2) is 3.53. The maximum Gasteiger partial charge on any atom is 0.310 e. The lowest BCUT2D eigenvalue weighted by Gasteiger charge is -1.95. The molecule has 2 N–H and O–H groups in total. The molecule has 1 rings (SSSR count). The van der Waals surface area contributed by atoms with E-state index in [1.54, 1.807) is 0 Å². The van der Waals surface area contributed by atoms with Gasteiger partial charge in [-0.25, -0.2) is 4.98 Å². The number of thiazole rings is 1. The molecule has 4 nitrogen and oxygen atoms in total. The van der Waals surface area contributed by atoms with E-state index in [2.05, 4.69) is 9.72 Å². The zero-order valence-corrected chi connectivity index (χ0v) is 7.77. The van der Waals surface area contributed by atoms with Crippen LogP contribution in [0.15, 0.2) is 0 Å². The predicted molar refractivity (Wildman–Crippen MR) is 47.0 cm³/mol. The molecule has 1 aromatic heterocycles. The summed E-state index contributed by atoms with van der Waals surface area (Å²) in [6.45, 7) is 1.82. The minimum absolute atomic E-state index is 0.261. The number of ether oxygens (including phenoxy) is 1. The first-order valence-electron chi connectivity index (χ1n) is 3.42. The Labute approximate surface area is 74.4 Å². The molecule has 5 heteroatoms. The Morgan fingerprint density at radius 2 is 2.42 bits per heavy atom. The van der Waals surface area contributed by atoms with Crippen molar-refractivity contribution in [2.24, 2.45) is 0 Å². The molecule has 0 aromatic carbocycles. The third kappa shape index (κ3) is 1.94. The van der Waals surface area contributed by atoms with Gasteiger partial charge in [-0.15, -0.1) is 11.3 Å². The third-order valence-electron chi connectivity index (χ3n) is 1.44. The lowest BCUT2D eigenvalue weighted by Crippen LogP contribution is -2.03. The van der Waals surface area contributed by atoms with Crippen molar-refractivity contribution >= 4 is 22.4 Å². The number of nitrogen functional groups attached to an aromatic ring is 1. The molecule has 12 heavy (non-hydrogen) atoms. The van der Waals surface area contributed by atoms with Crippen molar-refractivity contribution in [3.8, 4) is 0 Å². The molecular weight excluding hydrogens is 176 g/mol. The Balaban J connectivity index is 2.75. The van der Waals surface area contributed by atoms with Gasteiger partial charge in [-0.1, -0.05) is 0 Å². The summed E-state index contributed by atoms with van der Waals surface area (Å²) in [6.07, 6.45) is 0.261. The molecule has 0 atom stereocenters. The van der Waals surface area contributed by atoms with Crippen LogP contribution in [-0.4, -0.2) is 18.1 Å². The second-order valence-electron chi connectivity index (χ2n) is 2.31. The smallest absolute Gasteiger partial charge is 0.310 e. The molecule has 0 radical (unpaired) electrons. The van der Waals surface area contributed by atoms with Gasteiger partial charge in [-0.3, -0.25) is 4.79 Å². The SMILES string of the molecule is COC(=O)Cc1sc(N)nc1C. The van der Waals surface area contributed by atoms with Crippen molar-refractivity contribution in [1.82, 2.24) is 4.98 Å². The van der Waals surface area contributed by atoms with E-state index in [-0.39, 0.29) is 12.4 Å². The number of esters is 1. The van der Waals surface area contributed by atoms with Gasteiger partial charge in [0.2, 0.25) is 0 Å². The average Bonchev–Trinajstić information content (AvgIpc) is 2.30. The van der Waals surface area contributed by atoms with Crippen molar-refractivity contribution < 1.29 is 9.53 Å². The Bertz CT molecular complexity index is 296. The fourth-order valence-corrected chi connectivity index (χ4v) is 1.64. The predicted octanol–water partition coefficient (Wildman–Crippen LogP) is 0.749. The zero-order chi connectivity index (χ0) is 9.14. The molecule has 0 fully saturated rings. The lowest BCUT2D eigenvalue weighted by molar-refractivity contribution is -0.139. The Morgan fingerprint density at radius 1 is 1.75 bits per heavy atom. The number of carbonyl (C=O) groups excluding carboxylic acids is 1. The Kier molecular flexibility index (Phi) is 2.65. The standard InChI is InChI=1S/C7H10N2O2S/c1-4-5(3-6(10)11-2)12-7(8)9-4/h3H2,1-2H3,(H2,8,9). The van der Waals surface area contributed by atoms with Gasteiger partial charge in [0.05, 0.1) is 19.2 Å². The lowest BCUT2D eigenvalue weighted by atomic mass is 10.3. The van der Waals surface area contributed by atoms with Crippen LogP contribution in [0.2, 0.25) is 0 Å². The summed E-state index contributed by atoms with van der Waals surface area (Å²) in [5.74, 6) is -0.262. The van der Waals surface area contributed by atoms with Crippen molar-refractivity contribution in [3.63, 3.8) is 0 Å². The second-order valence-corrected chi connectivity index (χ2v) is 3.43. The number of anilines is 1. The first-order valence-corrected chi connectivity index (χ1v) is 4.23. The van der Waals surface area contributed by atoms with Gasteiger partial charge in [0.25, 0.3) is 0 Å². The Morgan fingerprint density at radius 3 is 2.83 bits per heavy atom. The van der Waals surface area contributed by atoms with Crippen LogP contribution in [0, 0.1) is 6.92 Å². The van der Waals surface area contributed by atoms with E-state index in [1.165, 1.54) is 18.4 Å². The van der Waals surface area contributed by atoms with E-state index in [0.29, 0.717) is 5.13 Å². The number of methoxy groups -OCH3 is 1. The highest BCUT2D eigenvalue weighted by atomic mass is 32.1. The van der Waals surface area contributed by atoms with Gasteiger partial charge in [0.15, 0.2) is 5.13 Å². The highest BCUT2D eigenvalue weighted by Gasteiger charge is 2.09. The first kappa shape index (κ1) is 8.99. The van der Waals surface area contributed by atoms with E-state index in [0.717, 1.165) is 10.6 Å². The summed E-state index contributed by atoms with van der Waals surface area (Å²) in [7, 11) is 1.36. The van der Waals surface area contributed by atoms with Crippen LogP contribution in [0.3, 0.4) is 0 Å². The summed E-state index contributed by atoms with van der Waals surface area (Å²) in [6, 6.07) is 0.